The maximum absolute atomic E-state index is 13.4. The Morgan fingerprint density at radius 3 is 2.39 bits per heavy atom. The first kappa shape index (κ1) is 30.2. The van der Waals surface area contributed by atoms with Gasteiger partial charge in [-0.25, -0.2) is 9.79 Å². The standard InChI is InChI=1S/C22H16F3N3O6S.C2H6O/c1-33-17-7-11(8-18-19(30)28-21(35-18)27-14(10-29)20(31)32)2-5-16(17)34-15-4-3-12(9-26)6-13(15)22(23,24)25;1-3-2/h2-8,14,29H,10H2,1H3,(H,31,32)(H,27,28,30);1-2H3. The van der Waals surface area contributed by atoms with Crippen molar-refractivity contribution in [2.75, 3.05) is 27.9 Å². The van der Waals surface area contributed by atoms with Crippen molar-refractivity contribution in [1.29, 1.82) is 5.26 Å². The number of aliphatic imine (C=N–C) groups is 1. The van der Waals surface area contributed by atoms with Crippen molar-refractivity contribution in [2.45, 2.75) is 12.2 Å². The molecule has 1 amide bonds. The Kier molecular flexibility index (Phi) is 10.7. The summed E-state index contributed by atoms with van der Waals surface area (Å²) < 4.78 is 55.2. The summed E-state index contributed by atoms with van der Waals surface area (Å²) in [5, 5.41) is 29.3. The number of carbonyl (C=O) groups excluding carboxylic acids is 1. The number of nitriles is 1. The van der Waals surface area contributed by atoms with Crippen LogP contribution in [0.2, 0.25) is 0 Å². The molecule has 14 heteroatoms. The highest BCUT2D eigenvalue weighted by Crippen LogP contribution is 2.41. The molecule has 0 spiro atoms. The molecule has 38 heavy (non-hydrogen) atoms. The number of nitrogens with one attached hydrogen (secondary N) is 1. The molecule has 10 nitrogen and oxygen atoms in total. The second kappa shape index (κ2) is 13.5. The molecule has 0 aliphatic carbocycles. The van der Waals surface area contributed by atoms with Crippen molar-refractivity contribution in [3.05, 3.63) is 58.0 Å². The Balaban J connectivity index is 0.00000161. The predicted molar refractivity (Wildman–Crippen MR) is 132 cm³/mol. The highest BCUT2D eigenvalue weighted by molar-refractivity contribution is 8.18. The lowest BCUT2D eigenvalue weighted by Crippen LogP contribution is -2.27. The molecule has 1 unspecified atom stereocenters. The zero-order chi connectivity index (χ0) is 28.5. The number of aliphatic hydroxyl groups is 1. The van der Waals surface area contributed by atoms with Crippen molar-refractivity contribution in [2.24, 2.45) is 4.99 Å². The maximum Gasteiger partial charge on any atom is 0.420 e. The van der Waals surface area contributed by atoms with E-state index in [0.29, 0.717) is 11.6 Å². The van der Waals surface area contributed by atoms with Crippen LogP contribution in [0.15, 0.2) is 46.3 Å². The summed E-state index contributed by atoms with van der Waals surface area (Å²) in [6, 6.07) is 7.37. The van der Waals surface area contributed by atoms with E-state index in [9.17, 15) is 22.8 Å². The van der Waals surface area contributed by atoms with Gasteiger partial charge in [-0.15, -0.1) is 0 Å². The highest BCUT2D eigenvalue weighted by atomic mass is 32.2. The number of amides is 1. The fourth-order valence-electron chi connectivity index (χ4n) is 2.84. The molecule has 1 fully saturated rings. The molecule has 0 aromatic heterocycles. The van der Waals surface area contributed by atoms with Gasteiger partial charge in [-0.05, 0) is 53.7 Å². The molecule has 3 rings (SSSR count). The molecular formula is C24H22F3N3O7S. The normalized spacial score (nSPS) is 15.8. The van der Waals surface area contributed by atoms with Gasteiger partial charge in [-0.2, -0.15) is 18.4 Å². The van der Waals surface area contributed by atoms with Gasteiger partial charge in [-0.3, -0.25) is 4.79 Å². The molecule has 3 N–H and O–H groups in total. The fourth-order valence-corrected chi connectivity index (χ4v) is 3.71. The number of methoxy groups -OCH3 is 2. The lowest BCUT2D eigenvalue weighted by Gasteiger charge is -2.16. The summed E-state index contributed by atoms with van der Waals surface area (Å²) in [5.41, 5.74) is -0.873. The van der Waals surface area contributed by atoms with Crippen LogP contribution in [0.1, 0.15) is 16.7 Å². The van der Waals surface area contributed by atoms with Gasteiger partial charge >= 0.3 is 12.1 Å². The number of carboxylic acids is 1. The van der Waals surface area contributed by atoms with E-state index >= 15 is 0 Å². The molecule has 1 aliphatic rings. The minimum Gasteiger partial charge on any atom is -0.493 e. The van der Waals surface area contributed by atoms with Gasteiger partial charge in [0.15, 0.2) is 22.7 Å². The highest BCUT2D eigenvalue weighted by Gasteiger charge is 2.35. The third kappa shape index (κ3) is 7.97. The van der Waals surface area contributed by atoms with Crippen molar-refractivity contribution < 1.29 is 47.2 Å². The van der Waals surface area contributed by atoms with Crippen LogP contribution in [0.3, 0.4) is 0 Å². The molecule has 2 aromatic carbocycles. The molecule has 2 aromatic rings. The fraction of sp³-hybridized carbons (Fsp3) is 0.250. The number of rotatable bonds is 7. The monoisotopic (exact) mass is 553 g/mol. The lowest BCUT2D eigenvalue weighted by molar-refractivity contribution is -0.140. The van der Waals surface area contributed by atoms with E-state index in [4.69, 9.17) is 24.9 Å². The molecule has 0 radical (unpaired) electrons. The summed E-state index contributed by atoms with van der Waals surface area (Å²) in [7, 11) is 4.53. The Bertz CT molecular complexity index is 1290. The first-order valence-corrected chi connectivity index (χ1v) is 11.3. The smallest absolute Gasteiger partial charge is 0.420 e. The van der Waals surface area contributed by atoms with Gasteiger partial charge < -0.3 is 29.7 Å². The van der Waals surface area contributed by atoms with Gasteiger partial charge in [-0.1, -0.05) is 6.07 Å². The van der Waals surface area contributed by atoms with Crippen LogP contribution in [-0.4, -0.2) is 61.2 Å². The van der Waals surface area contributed by atoms with E-state index in [1.807, 2.05) is 0 Å². The van der Waals surface area contributed by atoms with Crippen LogP contribution in [-0.2, 0) is 20.5 Å². The number of aliphatic hydroxyl groups excluding tert-OH is 1. The number of hydrogen-bond donors (Lipinski definition) is 3. The quantitative estimate of drug-likeness (QED) is 0.437. The topological polar surface area (TPSA) is 150 Å². The summed E-state index contributed by atoms with van der Waals surface area (Å²) in [5.74, 6) is -2.40. The number of amidine groups is 1. The molecule has 1 atom stereocenters. The first-order valence-electron chi connectivity index (χ1n) is 10.5. The summed E-state index contributed by atoms with van der Waals surface area (Å²) in [4.78, 5) is 27.1. The largest absolute Gasteiger partial charge is 0.493 e. The Labute approximate surface area is 219 Å². The SMILES string of the molecule is COC.COc1cc(C=C2SC(=NC(CO)C(=O)O)NC2=O)ccc1Oc1ccc(C#N)cc1C(F)(F)F. The molecule has 1 saturated heterocycles. The summed E-state index contributed by atoms with van der Waals surface area (Å²) in [6.45, 7) is -0.748. The van der Waals surface area contributed by atoms with Crippen LogP contribution in [0, 0.1) is 11.3 Å². The number of carboxylic acid groups (broad SMARTS) is 1. The Hall–Kier alpha value is -4.06. The number of benzene rings is 2. The van der Waals surface area contributed by atoms with Gasteiger partial charge in [0.2, 0.25) is 0 Å². The zero-order valence-electron chi connectivity index (χ0n) is 20.2. The molecule has 202 valence electrons. The van der Waals surface area contributed by atoms with Crippen LogP contribution in [0.5, 0.6) is 17.2 Å². The van der Waals surface area contributed by atoms with Crippen LogP contribution >= 0.6 is 11.8 Å². The van der Waals surface area contributed by atoms with Crippen LogP contribution in [0.4, 0.5) is 13.2 Å². The van der Waals surface area contributed by atoms with Crippen molar-refractivity contribution in [1.82, 2.24) is 5.32 Å². The second-order valence-corrected chi connectivity index (χ2v) is 8.31. The summed E-state index contributed by atoms with van der Waals surface area (Å²) >= 11 is 0.856. The van der Waals surface area contributed by atoms with Gasteiger partial charge in [0.1, 0.15) is 5.75 Å². The van der Waals surface area contributed by atoms with E-state index in [2.05, 4.69) is 15.0 Å². The van der Waals surface area contributed by atoms with E-state index in [1.165, 1.54) is 37.5 Å². The molecule has 1 aliphatic heterocycles. The van der Waals surface area contributed by atoms with E-state index in [1.54, 1.807) is 20.3 Å². The number of thioether (sulfide) groups is 1. The Morgan fingerprint density at radius 1 is 1.18 bits per heavy atom. The van der Waals surface area contributed by atoms with Gasteiger partial charge in [0.05, 0.1) is 35.8 Å². The van der Waals surface area contributed by atoms with Crippen LogP contribution in [0.25, 0.3) is 6.08 Å². The van der Waals surface area contributed by atoms with Crippen LogP contribution < -0.4 is 14.8 Å². The van der Waals surface area contributed by atoms with Gasteiger partial charge in [0, 0.05) is 14.2 Å². The minimum atomic E-state index is -4.76. The number of nitrogens with zero attached hydrogens (tertiary/aromatic N) is 2. The average Bonchev–Trinajstić information content (AvgIpc) is 3.21. The third-order valence-electron chi connectivity index (χ3n) is 4.50. The molecular weight excluding hydrogens is 531 g/mol. The van der Waals surface area contributed by atoms with E-state index in [-0.39, 0.29) is 27.1 Å². The zero-order valence-corrected chi connectivity index (χ0v) is 21.0. The molecule has 0 bridgehead atoms. The van der Waals surface area contributed by atoms with E-state index < -0.39 is 42.0 Å². The lowest BCUT2D eigenvalue weighted by atomic mass is 10.1. The number of halogens is 3. The minimum absolute atomic E-state index is 0.00452. The first-order chi connectivity index (χ1) is 18.0. The van der Waals surface area contributed by atoms with Crippen molar-refractivity contribution in [3.63, 3.8) is 0 Å². The van der Waals surface area contributed by atoms with Crippen molar-refractivity contribution >= 4 is 34.9 Å². The number of alkyl halides is 3. The average molecular weight is 554 g/mol. The third-order valence-corrected chi connectivity index (χ3v) is 5.43. The van der Waals surface area contributed by atoms with Crippen molar-refractivity contribution in [3.8, 4) is 23.3 Å². The second-order valence-electron chi connectivity index (χ2n) is 7.28. The van der Waals surface area contributed by atoms with E-state index in [0.717, 1.165) is 17.8 Å². The molecule has 0 saturated carbocycles. The molecule has 1 heterocycles. The number of hydrogen-bond acceptors (Lipinski definition) is 9. The maximum atomic E-state index is 13.4. The number of carbonyl (C=O) groups is 2. The predicted octanol–water partition coefficient (Wildman–Crippen LogP) is 3.65. The Morgan fingerprint density at radius 2 is 1.84 bits per heavy atom. The number of ether oxygens (including phenoxy) is 3. The number of aliphatic carboxylic acids is 1. The summed E-state index contributed by atoms with van der Waals surface area (Å²) in [6.07, 6.45) is -3.33. The van der Waals surface area contributed by atoms with Gasteiger partial charge in [0.25, 0.3) is 5.91 Å².